The van der Waals surface area contributed by atoms with Crippen LogP contribution in [-0.4, -0.2) is 49.7 Å². The maximum atomic E-state index is 12.4. The molecule has 0 aromatic carbocycles. The number of halogens is 3. The van der Waals surface area contributed by atoms with Gasteiger partial charge in [-0.1, -0.05) is 0 Å². The Kier molecular flexibility index (Phi) is 4.54. The molecule has 0 aliphatic heterocycles. The number of carbonyl (C=O) groups excluding carboxylic acids is 1. The van der Waals surface area contributed by atoms with Crippen molar-refractivity contribution in [2.24, 2.45) is 5.73 Å². The second-order valence-electron chi connectivity index (χ2n) is 3.53. The summed E-state index contributed by atoms with van der Waals surface area (Å²) in [5.41, 5.74) is 2.15. The molecule has 0 rings (SSSR count). The van der Waals surface area contributed by atoms with Crippen molar-refractivity contribution >= 4 is 5.91 Å². The first-order valence-corrected chi connectivity index (χ1v) is 4.40. The topological polar surface area (TPSA) is 58.4 Å². The van der Waals surface area contributed by atoms with Crippen LogP contribution in [0.4, 0.5) is 13.2 Å². The van der Waals surface area contributed by atoms with E-state index in [0.717, 1.165) is 4.90 Å². The van der Waals surface area contributed by atoms with Gasteiger partial charge in [-0.05, 0) is 14.0 Å². The summed E-state index contributed by atoms with van der Waals surface area (Å²) >= 11 is 0. The number of hydrogen-bond donors (Lipinski definition) is 2. The van der Waals surface area contributed by atoms with Crippen LogP contribution >= 0.6 is 0 Å². The van der Waals surface area contributed by atoms with E-state index < -0.39 is 17.6 Å². The van der Waals surface area contributed by atoms with Crippen LogP contribution in [-0.2, 0) is 4.79 Å². The zero-order valence-electron chi connectivity index (χ0n) is 8.98. The molecule has 0 spiro atoms. The molecule has 1 atom stereocenters. The Labute approximate surface area is 86.6 Å². The number of hydrogen-bond acceptors (Lipinski definition) is 3. The Bertz CT molecular complexity index is 228. The zero-order valence-corrected chi connectivity index (χ0v) is 8.98. The van der Waals surface area contributed by atoms with Gasteiger partial charge in [-0.25, -0.2) is 0 Å². The highest BCUT2D eigenvalue weighted by atomic mass is 19.4. The van der Waals surface area contributed by atoms with Crippen LogP contribution in [0.15, 0.2) is 0 Å². The molecular weight excluding hydrogens is 211 g/mol. The van der Waals surface area contributed by atoms with E-state index in [0.29, 0.717) is 13.5 Å². The highest BCUT2D eigenvalue weighted by Crippen LogP contribution is 2.29. The van der Waals surface area contributed by atoms with Crippen molar-refractivity contribution in [3.8, 4) is 0 Å². The first kappa shape index (κ1) is 14.2. The lowest BCUT2D eigenvalue weighted by atomic mass is 10.0. The molecule has 3 N–H and O–H groups in total. The van der Waals surface area contributed by atoms with Gasteiger partial charge in [0, 0.05) is 20.1 Å². The average Bonchev–Trinajstić information content (AvgIpc) is 2.10. The van der Waals surface area contributed by atoms with Gasteiger partial charge in [0.05, 0.1) is 0 Å². The van der Waals surface area contributed by atoms with Crippen molar-refractivity contribution in [1.82, 2.24) is 10.2 Å². The normalized spacial score (nSPS) is 15.9. The number of nitrogens with two attached hydrogens (primary N) is 1. The van der Waals surface area contributed by atoms with Gasteiger partial charge in [-0.15, -0.1) is 0 Å². The molecule has 0 aliphatic carbocycles. The fourth-order valence-corrected chi connectivity index (χ4v) is 0.899. The van der Waals surface area contributed by atoms with Gasteiger partial charge in [0.25, 0.3) is 5.91 Å². The minimum absolute atomic E-state index is 0.179. The predicted molar refractivity (Wildman–Crippen MR) is 50.2 cm³/mol. The molecule has 0 saturated heterocycles. The first-order chi connectivity index (χ1) is 6.64. The lowest BCUT2D eigenvalue weighted by Gasteiger charge is -2.30. The van der Waals surface area contributed by atoms with Gasteiger partial charge < -0.3 is 16.0 Å². The molecule has 0 heterocycles. The smallest absolute Gasteiger partial charge is 0.343 e. The van der Waals surface area contributed by atoms with Crippen LogP contribution in [0.1, 0.15) is 6.92 Å². The van der Waals surface area contributed by atoms with Gasteiger partial charge in [-0.2, -0.15) is 13.2 Å². The van der Waals surface area contributed by atoms with Crippen LogP contribution < -0.4 is 11.1 Å². The minimum atomic E-state index is -4.74. The summed E-state index contributed by atoms with van der Waals surface area (Å²) in [6.45, 7) is 1.26. The van der Waals surface area contributed by atoms with E-state index in [-0.39, 0.29) is 6.54 Å². The number of carbonyl (C=O) groups is 1. The van der Waals surface area contributed by atoms with E-state index >= 15 is 0 Å². The van der Waals surface area contributed by atoms with E-state index in [9.17, 15) is 18.0 Å². The number of alkyl halides is 3. The van der Waals surface area contributed by atoms with Crippen LogP contribution in [0.2, 0.25) is 0 Å². The molecule has 4 nitrogen and oxygen atoms in total. The first-order valence-electron chi connectivity index (χ1n) is 4.40. The molecule has 90 valence electrons. The molecule has 0 fully saturated rings. The standard InChI is InChI=1S/C8H16F3N3O/c1-7(12,8(9,10)11)6(15)14(3)5-4-13-2/h13H,4-5,12H2,1-3H3. The zero-order chi connectivity index (χ0) is 12.3. The number of nitrogens with one attached hydrogen (secondary N) is 1. The summed E-state index contributed by atoms with van der Waals surface area (Å²) < 4.78 is 37.1. The van der Waals surface area contributed by atoms with E-state index in [1.807, 2.05) is 0 Å². The fourth-order valence-electron chi connectivity index (χ4n) is 0.899. The molecule has 0 radical (unpaired) electrons. The molecule has 1 unspecified atom stereocenters. The lowest BCUT2D eigenvalue weighted by Crippen LogP contribution is -2.61. The molecule has 15 heavy (non-hydrogen) atoms. The quantitative estimate of drug-likeness (QED) is 0.707. The summed E-state index contributed by atoms with van der Waals surface area (Å²) in [4.78, 5) is 12.3. The molecule has 0 aromatic rings. The summed E-state index contributed by atoms with van der Waals surface area (Å²) in [6, 6.07) is 0. The molecule has 7 heteroatoms. The van der Waals surface area contributed by atoms with Gasteiger partial charge in [0.1, 0.15) is 0 Å². The number of nitrogens with zero attached hydrogens (tertiary/aromatic N) is 1. The maximum absolute atomic E-state index is 12.4. The third kappa shape index (κ3) is 3.35. The highest BCUT2D eigenvalue weighted by molar-refractivity contribution is 5.86. The van der Waals surface area contributed by atoms with Crippen molar-refractivity contribution in [3.63, 3.8) is 0 Å². The van der Waals surface area contributed by atoms with Crippen LogP contribution in [0.3, 0.4) is 0 Å². The van der Waals surface area contributed by atoms with E-state index in [1.54, 1.807) is 7.05 Å². The third-order valence-corrected chi connectivity index (χ3v) is 2.08. The molecule has 0 aliphatic rings. The van der Waals surface area contributed by atoms with Gasteiger partial charge in [0.15, 0.2) is 5.54 Å². The number of likely N-dealkylation sites (N-methyl/N-ethyl adjacent to an activating group) is 2. The molecule has 0 saturated carbocycles. The Morgan fingerprint density at radius 3 is 2.27 bits per heavy atom. The van der Waals surface area contributed by atoms with Crippen molar-refractivity contribution in [2.75, 3.05) is 27.2 Å². The van der Waals surface area contributed by atoms with Crippen molar-refractivity contribution in [3.05, 3.63) is 0 Å². The van der Waals surface area contributed by atoms with E-state index in [2.05, 4.69) is 5.32 Å². The monoisotopic (exact) mass is 227 g/mol. The minimum Gasteiger partial charge on any atom is -0.343 e. The maximum Gasteiger partial charge on any atom is 0.415 e. The van der Waals surface area contributed by atoms with Gasteiger partial charge in [0.2, 0.25) is 0 Å². The Hall–Kier alpha value is -0.820. The van der Waals surface area contributed by atoms with E-state index in [4.69, 9.17) is 5.73 Å². The van der Waals surface area contributed by atoms with Crippen LogP contribution in [0.5, 0.6) is 0 Å². The van der Waals surface area contributed by atoms with Gasteiger partial charge >= 0.3 is 6.18 Å². The fraction of sp³-hybridized carbons (Fsp3) is 0.875. The van der Waals surface area contributed by atoms with Crippen molar-refractivity contribution in [1.29, 1.82) is 0 Å². The number of amides is 1. The molecule has 1 amide bonds. The largest absolute Gasteiger partial charge is 0.415 e. The van der Waals surface area contributed by atoms with Crippen molar-refractivity contribution in [2.45, 2.75) is 18.6 Å². The summed E-state index contributed by atoms with van der Waals surface area (Å²) in [5.74, 6) is -1.13. The Morgan fingerprint density at radius 1 is 1.47 bits per heavy atom. The molecule has 0 aromatic heterocycles. The van der Waals surface area contributed by atoms with E-state index in [1.165, 1.54) is 7.05 Å². The SMILES string of the molecule is CNCCN(C)C(=O)C(C)(N)C(F)(F)F. The summed E-state index contributed by atoms with van der Waals surface area (Å²) in [7, 11) is 2.93. The average molecular weight is 227 g/mol. The molecule has 0 bridgehead atoms. The Balaban J connectivity index is 4.56. The summed E-state index contributed by atoms with van der Waals surface area (Å²) in [5, 5.41) is 2.73. The highest BCUT2D eigenvalue weighted by Gasteiger charge is 2.54. The van der Waals surface area contributed by atoms with Crippen LogP contribution in [0, 0.1) is 0 Å². The predicted octanol–water partition coefficient (Wildman–Crippen LogP) is -0.0561. The van der Waals surface area contributed by atoms with Gasteiger partial charge in [-0.3, -0.25) is 4.79 Å². The third-order valence-electron chi connectivity index (χ3n) is 2.08. The second-order valence-corrected chi connectivity index (χ2v) is 3.53. The molecular formula is C8H16F3N3O. The Morgan fingerprint density at radius 2 is 1.93 bits per heavy atom. The second kappa shape index (κ2) is 4.80. The number of rotatable bonds is 4. The van der Waals surface area contributed by atoms with Crippen molar-refractivity contribution < 1.29 is 18.0 Å². The van der Waals surface area contributed by atoms with Crippen LogP contribution in [0.25, 0.3) is 0 Å². The summed E-state index contributed by atoms with van der Waals surface area (Å²) in [6.07, 6.45) is -4.74. The lowest BCUT2D eigenvalue weighted by molar-refractivity contribution is -0.192.